The zero-order valence-corrected chi connectivity index (χ0v) is 21.6. The largest absolute Gasteiger partial charge is 0.480 e. The SMILES string of the molecule is NCCCCC(N)C(=O)NC(CC(N)=O)C(=O)NC(Cc1cnc[nH]1)C(=O)NC(CCCN=C(N)N)C(=O)O. The van der Waals surface area contributed by atoms with Crippen LogP contribution in [0.5, 0.6) is 0 Å². The number of carbonyl (C=O) groups excluding carboxylic acids is 4. The normalized spacial score (nSPS) is 13.8. The van der Waals surface area contributed by atoms with Gasteiger partial charge in [-0.25, -0.2) is 9.78 Å². The van der Waals surface area contributed by atoms with Crippen molar-refractivity contribution < 1.29 is 29.1 Å². The lowest BCUT2D eigenvalue weighted by atomic mass is 10.1. The number of nitrogens with two attached hydrogens (primary N) is 5. The molecule has 1 rings (SSSR count). The standard InChI is InChI=1S/C22H39N11O6/c23-6-2-1-4-13(24)18(35)32-16(9-17(25)34)20(37)33-15(8-12-10-28-11-30-12)19(36)31-14(21(38)39)5-3-7-29-22(26)27/h10-11,13-16H,1-9,23-24H2,(H2,25,34)(H,28,30)(H,31,36)(H,32,35)(H,33,37)(H,38,39)(H4,26,27,29). The summed E-state index contributed by atoms with van der Waals surface area (Å²) in [6.45, 7) is 0.582. The lowest BCUT2D eigenvalue weighted by molar-refractivity contribution is -0.142. The molecule has 1 heterocycles. The Balaban J connectivity index is 3.00. The Morgan fingerprint density at radius 2 is 1.56 bits per heavy atom. The average molecular weight is 554 g/mol. The van der Waals surface area contributed by atoms with Crippen molar-refractivity contribution in [1.29, 1.82) is 0 Å². The van der Waals surface area contributed by atoms with Gasteiger partial charge in [-0.15, -0.1) is 0 Å². The summed E-state index contributed by atoms with van der Waals surface area (Å²) in [4.78, 5) is 72.4. The summed E-state index contributed by atoms with van der Waals surface area (Å²) < 4.78 is 0. The molecule has 4 amide bonds. The summed E-state index contributed by atoms with van der Waals surface area (Å²) >= 11 is 0. The number of imidazole rings is 1. The number of nitrogens with one attached hydrogen (secondary N) is 4. The van der Waals surface area contributed by atoms with Crippen LogP contribution in [0.15, 0.2) is 17.5 Å². The van der Waals surface area contributed by atoms with E-state index in [1.54, 1.807) is 0 Å². The summed E-state index contributed by atoms with van der Waals surface area (Å²) in [5, 5.41) is 16.8. The molecule has 0 aliphatic carbocycles. The van der Waals surface area contributed by atoms with Gasteiger partial charge in [0.15, 0.2) is 5.96 Å². The van der Waals surface area contributed by atoms with Crippen molar-refractivity contribution in [3.63, 3.8) is 0 Å². The van der Waals surface area contributed by atoms with E-state index in [2.05, 4.69) is 30.9 Å². The number of hydrogen-bond acceptors (Lipinski definition) is 9. The molecule has 1 aromatic rings. The van der Waals surface area contributed by atoms with Gasteiger partial charge < -0.3 is 54.7 Å². The number of aliphatic carboxylic acids is 1. The monoisotopic (exact) mass is 553 g/mol. The summed E-state index contributed by atoms with van der Waals surface area (Å²) in [6.07, 6.45) is 3.91. The van der Waals surface area contributed by atoms with Crippen LogP contribution in [0.3, 0.4) is 0 Å². The van der Waals surface area contributed by atoms with Gasteiger partial charge in [0.05, 0.1) is 18.8 Å². The van der Waals surface area contributed by atoms with Gasteiger partial charge in [-0.3, -0.25) is 24.2 Å². The highest BCUT2D eigenvalue weighted by atomic mass is 16.4. The van der Waals surface area contributed by atoms with Crippen LogP contribution < -0.4 is 44.6 Å². The molecule has 0 spiro atoms. The van der Waals surface area contributed by atoms with Crippen LogP contribution >= 0.6 is 0 Å². The predicted octanol–water partition coefficient (Wildman–Crippen LogP) is -4.12. The van der Waals surface area contributed by atoms with Gasteiger partial charge in [-0.2, -0.15) is 0 Å². The van der Waals surface area contributed by atoms with Gasteiger partial charge in [0.1, 0.15) is 18.1 Å². The summed E-state index contributed by atoms with van der Waals surface area (Å²) in [5.41, 5.74) is 27.5. The number of aromatic amines is 1. The highest BCUT2D eigenvalue weighted by molar-refractivity contribution is 5.96. The number of carboxylic acid groups (broad SMARTS) is 1. The number of primary amides is 1. The van der Waals surface area contributed by atoms with E-state index >= 15 is 0 Å². The molecule has 4 unspecified atom stereocenters. The van der Waals surface area contributed by atoms with Crippen molar-refractivity contribution in [2.45, 2.75) is 69.1 Å². The second-order valence-electron chi connectivity index (χ2n) is 8.81. The van der Waals surface area contributed by atoms with Gasteiger partial charge in [-0.05, 0) is 32.2 Å². The number of nitrogens with zero attached hydrogens (tertiary/aromatic N) is 2. The van der Waals surface area contributed by atoms with Crippen molar-refractivity contribution in [3.05, 3.63) is 18.2 Å². The molecule has 17 nitrogen and oxygen atoms in total. The van der Waals surface area contributed by atoms with Gasteiger partial charge in [-0.1, -0.05) is 6.42 Å². The van der Waals surface area contributed by atoms with E-state index < -0.39 is 60.2 Å². The molecular weight excluding hydrogens is 514 g/mol. The highest BCUT2D eigenvalue weighted by Crippen LogP contribution is 2.05. The molecule has 39 heavy (non-hydrogen) atoms. The van der Waals surface area contributed by atoms with Crippen LogP contribution in [0.4, 0.5) is 0 Å². The number of aliphatic imine (C=N–C) groups is 1. The van der Waals surface area contributed by atoms with Crippen LogP contribution in [0.2, 0.25) is 0 Å². The number of carboxylic acids is 1. The quantitative estimate of drug-likeness (QED) is 0.0445. The Morgan fingerprint density at radius 3 is 2.13 bits per heavy atom. The third-order valence-electron chi connectivity index (χ3n) is 5.52. The maximum absolute atomic E-state index is 13.1. The van der Waals surface area contributed by atoms with Crippen LogP contribution in [0.1, 0.15) is 44.2 Å². The van der Waals surface area contributed by atoms with Crippen molar-refractivity contribution in [1.82, 2.24) is 25.9 Å². The van der Waals surface area contributed by atoms with Crippen LogP contribution in [0.25, 0.3) is 0 Å². The van der Waals surface area contributed by atoms with Crippen molar-refractivity contribution in [3.8, 4) is 0 Å². The number of hydrogen-bond donors (Lipinski definition) is 10. The Hall–Kier alpha value is -4.25. The first-order chi connectivity index (χ1) is 18.4. The van der Waals surface area contributed by atoms with Crippen LogP contribution in [0, 0.1) is 0 Å². The van der Waals surface area contributed by atoms with E-state index in [-0.39, 0.29) is 31.8 Å². The van der Waals surface area contributed by atoms with Gasteiger partial charge in [0.2, 0.25) is 23.6 Å². The number of aromatic nitrogens is 2. The molecular formula is C22H39N11O6. The zero-order chi connectivity index (χ0) is 29.4. The number of unbranched alkanes of at least 4 members (excludes halogenated alkanes) is 1. The Kier molecular flexibility index (Phi) is 14.5. The smallest absolute Gasteiger partial charge is 0.326 e. The van der Waals surface area contributed by atoms with Gasteiger partial charge in [0, 0.05) is 24.9 Å². The Bertz CT molecular complexity index is 981. The molecule has 0 radical (unpaired) electrons. The number of H-pyrrole nitrogens is 1. The van der Waals surface area contributed by atoms with Crippen LogP contribution in [-0.4, -0.2) is 87.9 Å². The fraction of sp³-hybridized carbons (Fsp3) is 0.591. The van der Waals surface area contributed by atoms with E-state index in [0.717, 1.165) is 0 Å². The minimum Gasteiger partial charge on any atom is -0.480 e. The minimum atomic E-state index is -1.43. The second kappa shape index (κ2) is 17.3. The van der Waals surface area contributed by atoms with Crippen molar-refractivity contribution in [2.24, 2.45) is 33.7 Å². The van der Waals surface area contributed by atoms with E-state index in [1.807, 2.05) is 0 Å². The van der Waals surface area contributed by atoms with E-state index in [0.29, 0.717) is 31.5 Å². The first-order valence-corrected chi connectivity index (χ1v) is 12.3. The molecule has 0 saturated carbocycles. The molecule has 0 aromatic carbocycles. The molecule has 1 aromatic heterocycles. The Morgan fingerprint density at radius 1 is 0.923 bits per heavy atom. The molecule has 0 aliphatic heterocycles. The fourth-order valence-corrected chi connectivity index (χ4v) is 3.46. The lowest BCUT2D eigenvalue weighted by Crippen LogP contribution is -2.58. The van der Waals surface area contributed by atoms with E-state index in [4.69, 9.17) is 28.7 Å². The zero-order valence-electron chi connectivity index (χ0n) is 21.6. The third-order valence-corrected chi connectivity index (χ3v) is 5.52. The van der Waals surface area contributed by atoms with E-state index in [9.17, 15) is 29.1 Å². The van der Waals surface area contributed by atoms with Crippen molar-refractivity contribution >= 4 is 35.6 Å². The predicted molar refractivity (Wildman–Crippen MR) is 140 cm³/mol. The first-order valence-electron chi connectivity index (χ1n) is 12.3. The molecule has 17 heteroatoms. The molecule has 0 aliphatic rings. The maximum atomic E-state index is 13.1. The lowest BCUT2D eigenvalue weighted by Gasteiger charge is -2.24. The van der Waals surface area contributed by atoms with E-state index in [1.165, 1.54) is 12.5 Å². The minimum absolute atomic E-state index is 0.00494. The van der Waals surface area contributed by atoms with Crippen molar-refractivity contribution in [2.75, 3.05) is 13.1 Å². The molecule has 15 N–H and O–H groups in total. The molecule has 0 bridgehead atoms. The molecule has 218 valence electrons. The molecule has 0 saturated heterocycles. The summed E-state index contributed by atoms with van der Waals surface area (Å²) in [5.74, 6) is -4.74. The maximum Gasteiger partial charge on any atom is 0.326 e. The highest BCUT2D eigenvalue weighted by Gasteiger charge is 2.31. The summed E-state index contributed by atoms with van der Waals surface area (Å²) in [7, 11) is 0. The topological polar surface area (TPSA) is 313 Å². The number of carbonyl (C=O) groups is 5. The van der Waals surface area contributed by atoms with Gasteiger partial charge >= 0.3 is 5.97 Å². The summed E-state index contributed by atoms with van der Waals surface area (Å²) in [6, 6.07) is -5.00. The van der Waals surface area contributed by atoms with Gasteiger partial charge in [0.25, 0.3) is 0 Å². The third kappa shape index (κ3) is 13.2. The average Bonchev–Trinajstić information content (AvgIpc) is 3.37. The molecule has 0 fully saturated rings. The first kappa shape index (κ1) is 32.8. The number of guanidine groups is 1. The Labute approximate surface area is 225 Å². The number of amides is 4. The molecule has 4 atom stereocenters. The second-order valence-corrected chi connectivity index (χ2v) is 8.81. The van der Waals surface area contributed by atoms with Crippen LogP contribution in [-0.2, 0) is 30.4 Å². The fourth-order valence-electron chi connectivity index (χ4n) is 3.46. The number of rotatable bonds is 19.